The van der Waals surface area contributed by atoms with E-state index in [1.54, 1.807) is 6.03 Å². The maximum atomic E-state index is 9.29. The Morgan fingerprint density at radius 1 is 2.00 bits per heavy atom. The minimum Gasteiger partial charge on any atom is -0.286 e. The molecule has 0 aliphatic carbocycles. The van der Waals surface area contributed by atoms with Gasteiger partial charge in [0.05, 0.1) is 0 Å². The van der Waals surface area contributed by atoms with Crippen LogP contribution < -0.4 is 0 Å². The van der Waals surface area contributed by atoms with Crippen molar-refractivity contribution in [3.8, 4) is 0 Å². The lowest BCUT2D eigenvalue weighted by Gasteiger charge is -1.67. The first-order chi connectivity index (χ1) is 2.41. The van der Waals surface area contributed by atoms with Gasteiger partial charge in [-0.3, -0.25) is 4.79 Å². The van der Waals surface area contributed by atoms with Crippen molar-refractivity contribution in [2.75, 3.05) is 6.16 Å². The molecule has 0 aromatic rings. The molecule has 0 spiro atoms. The molecule has 0 fully saturated rings. The largest absolute Gasteiger partial charge is 0.286 e. The van der Waals surface area contributed by atoms with Crippen molar-refractivity contribution < 1.29 is 4.79 Å². The Morgan fingerprint density at radius 3 is 2.60 bits per heavy atom. The van der Waals surface area contributed by atoms with Crippen molar-refractivity contribution in [1.29, 1.82) is 0 Å². The van der Waals surface area contributed by atoms with Crippen LogP contribution in [-0.2, 0) is 4.79 Å². The van der Waals surface area contributed by atoms with Crippen LogP contribution in [0.5, 0.6) is 0 Å². The highest BCUT2D eigenvalue weighted by Crippen LogP contribution is 1.97. The van der Waals surface area contributed by atoms with Gasteiger partial charge in [-0.15, -0.1) is 0 Å². The first kappa shape index (κ1) is 5.10. The van der Waals surface area contributed by atoms with E-state index in [4.69, 9.17) is 0 Å². The highest BCUT2D eigenvalue weighted by atomic mass is 31.1. The summed E-state index contributed by atoms with van der Waals surface area (Å²) in [5, 5.41) is 0. The van der Waals surface area contributed by atoms with Gasteiger partial charge in [-0.2, -0.15) is 0 Å². The molecule has 0 aromatic carbocycles. The van der Waals surface area contributed by atoms with Crippen LogP contribution in [0.3, 0.4) is 0 Å². The van der Waals surface area contributed by atoms with Crippen LogP contribution in [0.25, 0.3) is 0 Å². The molecule has 0 aliphatic rings. The maximum absolute atomic E-state index is 9.29. The van der Waals surface area contributed by atoms with Crippen LogP contribution in [-0.4, -0.2) is 12.2 Å². The van der Waals surface area contributed by atoms with Crippen LogP contribution in [0.15, 0.2) is 0 Å². The molecule has 0 rings (SSSR count). The second-order valence-corrected chi connectivity index (χ2v) is 1.90. The second kappa shape index (κ2) is 4.10. The molecule has 1 unspecified atom stereocenters. The van der Waals surface area contributed by atoms with Gasteiger partial charge in [0.1, 0.15) is 0 Å². The Hall–Kier alpha value is 0.100. The Bertz CT molecular complexity index is 28.1. The van der Waals surface area contributed by atoms with Crippen LogP contribution in [0.1, 0.15) is 6.92 Å². The SMILES string of the molecule is CCP[C]=O. The predicted molar refractivity (Wildman–Crippen MR) is 24.5 cm³/mol. The molecular weight excluding hydrogens is 83.0 g/mol. The molecule has 1 nitrogen and oxygen atoms in total. The molecule has 0 saturated heterocycles. The van der Waals surface area contributed by atoms with Gasteiger partial charge in [0.2, 0.25) is 6.03 Å². The molecular formula is C3H6OP. The molecule has 5 heavy (non-hydrogen) atoms. The van der Waals surface area contributed by atoms with Gasteiger partial charge in [0.25, 0.3) is 0 Å². The van der Waals surface area contributed by atoms with E-state index in [0.717, 1.165) is 6.16 Å². The number of hydrogen-bond acceptors (Lipinski definition) is 1. The van der Waals surface area contributed by atoms with Crippen molar-refractivity contribution in [2.45, 2.75) is 6.92 Å². The normalized spacial score (nSPS) is 9.80. The molecule has 0 N–H and O–H groups in total. The van der Waals surface area contributed by atoms with E-state index in [-0.39, 0.29) is 0 Å². The maximum Gasteiger partial charge on any atom is 0.220 e. The summed E-state index contributed by atoms with van der Waals surface area (Å²) in [5.41, 5.74) is 0. The molecule has 1 atom stereocenters. The average Bonchev–Trinajstić information content (AvgIpc) is 1.41. The molecule has 1 radical (unpaired) electrons. The van der Waals surface area contributed by atoms with Crippen LogP contribution in [0, 0.1) is 0 Å². The summed E-state index contributed by atoms with van der Waals surface area (Å²) in [5.74, 6) is 0. The molecule has 0 heterocycles. The van der Waals surface area contributed by atoms with Gasteiger partial charge in [-0.25, -0.2) is 0 Å². The number of rotatable bonds is 2. The Morgan fingerprint density at radius 2 is 2.60 bits per heavy atom. The fourth-order valence-electron chi connectivity index (χ4n) is 0.0722. The van der Waals surface area contributed by atoms with E-state index in [1.807, 2.05) is 6.92 Å². The summed E-state index contributed by atoms with van der Waals surface area (Å²) >= 11 is 0. The summed E-state index contributed by atoms with van der Waals surface area (Å²) < 4.78 is 0. The molecule has 2 heteroatoms. The summed E-state index contributed by atoms with van der Waals surface area (Å²) in [6.45, 7) is 1.96. The molecule has 0 aliphatic heterocycles. The van der Waals surface area contributed by atoms with Crippen molar-refractivity contribution in [3.63, 3.8) is 0 Å². The average molecular weight is 89.1 g/mol. The van der Waals surface area contributed by atoms with Crippen molar-refractivity contribution in [1.82, 2.24) is 0 Å². The number of carbonyl (C=O) groups excluding carboxylic acids is 1. The zero-order valence-electron chi connectivity index (χ0n) is 3.12. The second-order valence-electron chi connectivity index (χ2n) is 0.632. The van der Waals surface area contributed by atoms with E-state index in [0.29, 0.717) is 8.58 Å². The third-order valence-corrected chi connectivity index (χ3v) is 0.747. The van der Waals surface area contributed by atoms with E-state index in [2.05, 4.69) is 0 Å². The first-order valence-corrected chi connectivity index (χ1v) is 2.72. The first-order valence-electron chi connectivity index (χ1n) is 1.51. The summed E-state index contributed by atoms with van der Waals surface area (Å²) in [7, 11) is 0.392. The van der Waals surface area contributed by atoms with Gasteiger partial charge in [0.15, 0.2) is 0 Å². The third-order valence-electron chi connectivity index (χ3n) is 0.249. The van der Waals surface area contributed by atoms with Crippen LogP contribution in [0.2, 0.25) is 0 Å². The fourth-order valence-corrected chi connectivity index (χ4v) is 0.217. The zero-order chi connectivity index (χ0) is 4.12. The predicted octanol–water partition coefficient (Wildman–Crippen LogP) is 0.752. The van der Waals surface area contributed by atoms with Crippen molar-refractivity contribution >= 4 is 14.6 Å². The summed E-state index contributed by atoms with van der Waals surface area (Å²) in [6, 6.07) is 1.80. The van der Waals surface area contributed by atoms with E-state index >= 15 is 0 Å². The van der Waals surface area contributed by atoms with Gasteiger partial charge >= 0.3 is 0 Å². The summed E-state index contributed by atoms with van der Waals surface area (Å²) in [6.07, 6.45) is 0.948. The molecule has 0 amide bonds. The summed E-state index contributed by atoms with van der Waals surface area (Å²) in [4.78, 5) is 9.29. The van der Waals surface area contributed by atoms with Gasteiger partial charge in [-0.05, 0) is 14.7 Å². The lowest BCUT2D eigenvalue weighted by molar-refractivity contribution is 0.569. The van der Waals surface area contributed by atoms with E-state index in [9.17, 15) is 4.79 Å². The highest BCUT2D eigenvalue weighted by molar-refractivity contribution is 7.54. The van der Waals surface area contributed by atoms with Crippen molar-refractivity contribution in [3.05, 3.63) is 0 Å². The Labute approximate surface area is 33.5 Å². The van der Waals surface area contributed by atoms with E-state index < -0.39 is 0 Å². The van der Waals surface area contributed by atoms with Crippen molar-refractivity contribution in [2.24, 2.45) is 0 Å². The molecule has 0 bridgehead atoms. The van der Waals surface area contributed by atoms with Crippen LogP contribution in [0.4, 0.5) is 0 Å². The Kier molecular flexibility index (Phi) is 4.18. The minimum atomic E-state index is 0.392. The van der Waals surface area contributed by atoms with Gasteiger partial charge in [-0.1, -0.05) is 6.92 Å². The number of hydrogen-bond donors (Lipinski definition) is 0. The van der Waals surface area contributed by atoms with Gasteiger partial charge < -0.3 is 0 Å². The zero-order valence-corrected chi connectivity index (χ0v) is 4.12. The monoisotopic (exact) mass is 89.0 g/mol. The quantitative estimate of drug-likeness (QED) is 0.456. The van der Waals surface area contributed by atoms with Gasteiger partial charge in [0, 0.05) is 0 Å². The topological polar surface area (TPSA) is 17.1 Å². The van der Waals surface area contributed by atoms with Crippen LogP contribution >= 0.6 is 8.58 Å². The lowest BCUT2D eigenvalue weighted by Crippen LogP contribution is -1.55. The standard InChI is InChI=1S/C3H6OP/c1-2-5-3-4/h5H,2H2,1H3. The Balaban J connectivity index is 2.40. The molecule has 0 aromatic heterocycles. The lowest BCUT2D eigenvalue weighted by atomic mass is 11.0. The minimum absolute atomic E-state index is 0.392. The highest BCUT2D eigenvalue weighted by Gasteiger charge is 1.68. The molecule has 29 valence electrons. The fraction of sp³-hybridized carbons (Fsp3) is 0.667. The molecule has 0 saturated carbocycles. The smallest absolute Gasteiger partial charge is 0.220 e. The third kappa shape index (κ3) is 4.10. The van der Waals surface area contributed by atoms with E-state index in [1.165, 1.54) is 0 Å².